The van der Waals surface area contributed by atoms with Crippen molar-refractivity contribution in [2.24, 2.45) is 5.73 Å². The number of hydrogen-bond donors (Lipinski definition) is 1. The Hall–Kier alpha value is -1.28. The molecule has 1 rings (SSSR count). The lowest BCUT2D eigenvalue weighted by atomic mass is 10.2. The van der Waals surface area contributed by atoms with Crippen molar-refractivity contribution in [3.63, 3.8) is 0 Å². The van der Waals surface area contributed by atoms with Gasteiger partial charge in [-0.25, -0.2) is 0 Å². The normalized spacial score (nSPS) is 12.2. The Morgan fingerprint density at radius 1 is 1.46 bits per heavy atom. The number of hydrogen-bond acceptors (Lipinski definition) is 2. The molecule has 0 radical (unpaired) electrons. The van der Waals surface area contributed by atoms with Gasteiger partial charge in [0.2, 0.25) is 0 Å². The van der Waals surface area contributed by atoms with E-state index in [1.165, 1.54) is 0 Å². The standard InChI is InChI=1S/C11H15NO/c1-9(2)11(12)8-13-10-6-4-3-5-7-10/h3-7,11H,1,8,12H2,2H3. The molecule has 1 aromatic rings. The molecule has 70 valence electrons. The zero-order valence-corrected chi connectivity index (χ0v) is 7.86. The average molecular weight is 177 g/mol. The highest BCUT2D eigenvalue weighted by Crippen LogP contribution is 2.09. The molecule has 1 unspecified atom stereocenters. The van der Waals surface area contributed by atoms with Gasteiger partial charge in [-0.3, -0.25) is 0 Å². The van der Waals surface area contributed by atoms with Gasteiger partial charge in [0, 0.05) is 0 Å². The second kappa shape index (κ2) is 4.67. The van der Waals surface area contributed by atoms with Crippen molar-refractivity contribution in [2.75, 3.05) is 6.61 Å². The highest BCUT2D eigenvalue weighted by molar-refractivity contribution is 5.21. The van der Waals surface area contributed by atoms with Crippen molar-refractivity contribution in [1.29, 1.82) is 0 Å². The first-order chi connectivity index (χ1) is 6.20. The number of para-hydroxylation sites is 1. The molecule has 0 spiro atoms. The lowest BCUT2D eigenvalue weighted by Crippen LogP contribution is -2.28. The molecule has 0 saturated heterocycles. The van der Waals surface area contributed by atoms with Crippen molar-refractivity contribution >= 4 is 0 Å². The Morgan fingerprint density at radius 3 is 2.62 bits per heavy atom. The number of nitrogens with two attached hydrogens (primary N) is 1. The van der Waals surface area contributed by atoms with Gasteiger partial charge in [0.05, 0.1) is 6.04 Å². The van der Waals surface area contributed by atoms with Crippen LogP contribution >= 0.6 is 0 Å². The zero-order chi connectivity index (χ0) is 9.68. The topological polar surface area (TPSA) is 35.2 Å². The summed E-state index contributed by atoms with van der Waals surface area (Å²) in [6.45, 7) is 6.15. The van der Waals surface area contributed by atoms with Crippen LogP contribution in [0.5, 0.6) is 5.75 Å². The lowest BCUT2D eigenvalue weighted by molar-refractivity contribution is 0.302. The van der Waals surface area contributed by atoms with E-state index in [1.54, 1.807) is 0 Å². The third-order valence-corrected chi connectivity index (χ3v) is 1.81. The van der Waals surface area contributed by atoms with Crippen LogP contribution < -0.4 is 10.5 Å². The lowest BCUT2D eigenvalue weighted by Gasteiger charge is -2.12. The van der Waals surface area contributed by atoms with E-state index in [0.29, 0.717) is 6.61 Å². The van der Waals surface area contributed by atoms with Crippen molar-refractivity contribution in [1.82, 2.24) is 0 Å². The molecule has 2 heteroatoms. The molecular weight excluding hydrogens is 162 g/mol. The number of ether oxygens (including phenoxy) is 1. The minimum absolute atomic E-state index is 0.0831. The molecule has 0 saturated carbocycles. The molecule has 0 aliphatic carbocycles. The Kier molecular flexibility index (Phi) is 3.53. The second-order valence-electron chi connectivity index (χ2n) is 3.08. The fraction of sp³-hybridized carbons (Fsp3) is 0.273. The Balaban J connectivity index is 2.39. The predicted molar refractivity (Wildman–Crippen MR) is 54.7 cm³/mol. The van der Waals surface area contributed by atoms with E-state index in [-0.39, 0.29) is 6.04 Å². The van der Waals surface area contributed by atoms with Gasteiger partial charge >= 0.3 is 0 Å². The van der Waals surface area contributed by atoms with E-state index >= 15 is 0 Å². The molecule has 2 N–H and O–H groups in total. The second-order valence-corrected chi connectivity index (χ2v) is 3.08. The van der Waals surface area contributed by atoms with Gasteiger partial charge in [0.1, 0.15) is 12.4 Å². The summed E-state index contributed by atoms with van der Waals surface area (Å²) in [6.07, 6.45) is 0. The van der Waals surface area contributed by atoms with E-state index in [0.717, 1.165) is 11.3 Å². The van der Waals surface area contributed by atoms with E-state index < -0.39 is 0 Å². The molecule has 0 fully saturated rings. The maximum absolute atomic E-state index is 5.74. The summed E-state index contributed by atoms with van der Waals surface area (Å²) in [5.41, 5.74) is 6.68. The first-order valence-electron chi connectivity index (χ1n) is 4.29. The zero-order valence-electron chi connectivity index (χ0n) is 7.86. The Morgan fingerprint density at radius 2 is 2.08 bits per heavy atom. The van der Waals surface area contributed by atoms with Gasteiger partial charge in [-0.1, -0.05) is 30.4 Å². The number of rotatable bonds is 4. The van der Waals surface area contributed by atoms with Gasteiger partial charge in [0.25, 0.3) is 0 Å². The molecule has 0 aromatic heterocycles. The molecule has 0 bridgehead atoms. The summed E-state index contributed by atoms with van der Waals surface area (Å²) in [6, 6.07) is 9.55. The van der Waals surface area contributed by atoms with Crippen molar-refractivity contribution < 1.29 is 4.74 Å². The smallest absolute Gasteiger partial charge is 0.119 e. The van der Waals surface area contributed by atoms with Gasteiger partial charge in [0.15, 0.2) is 0 Å². The van der Waals surface area contributed by atoms with Crippen LogP contribution in [0.15, 0.2) is 42.5 Å². The summed E-state index contributed by atoms with van der Waals surface area (Å²) in [5, 5.41) is 0. The first kappa shape index (κ1) is 9.81. The fourth-order valence-corrected chi connectivity index (χ4v) is 0.845. The molecule has 0 aliphatic rings. The maximum Gasteiger partial charge on any atom is 0.119 e. The average Bonchev–Trinajstić information content (AvgIpc) is 2.15. The molecule has 2 nitrogen and oxygen atoms in total. The third-order valence-electron chi connectivity index (χ3n) is 1.81. The van der Waals surface area contributed by atoms with Crippen LogP contribution in [-0.4, -0.2) is 12.6 Å². The van der Waals surface area contributed by atoms with Crippen molar-refractivity contribution in [2.45, 2.75) is 13.0 Å². The van der Waals surface area contributed by atoms with E-state index in [2.05, 4.69) is 6.58 Å². The van der Waals surface area contributed by atoms with Gasteiger partial charge < -0.3 is 10.5 Å². The highest BCUT2D eigenvalue weighted by Gasteiger charge is 2.02. The summed E-state index contributed by atoms with van der Waals surface area (Å²) >= 11 is 0. The molecule has 1 aromatic carbocycles. The van der Waals surface area contributed by atoms with E-state index in [4.69, 9.17) is 10.5 Å². The Labute approximate surface area is 79.0 Å². The highest BCUT2D eigenvalue weighted by atomic mass is 16.5. The monoisotopic (exact) mass is 177 g/mol. The minimum Gasteiger partial charge on any atom is -0.492 e. The van der Waals surface area contributed by atoms with Crippen molar-refractivity contribution in [3.05, 3.63) is 42.5 Å². The molecule has 13 heavy (non-hydrogen) atoms. The van der Waals surface area contributed by atoms with Crippen LogP contribution in [-0.2, 0) is 0 Å². The van der Waals surface area contributed by atoms with Crippen LogP contribution in [0.4, 0.5) is 0 Å². The quantitative estimate of drug-likeness (QED) is 0.714. The first-order valence-corrected chi connectivity index (χ1v) is 4.29. The summed E-state index contributed by atoms with van der Waals surface area (Å²) in [4.78, 5) is 0. The van der Waals surface area contributed by atoms with E-state index in [9.17, 15) is 0 Å². The van der Waals surface area contributed by atoms with Gasteiger partial charge in [-0.2, -0.15) is 0 Å². The minimum atomic E-state index is -0.0831. The third kappa shape index (κ3) is 3.30. The summed E-state index contributed by atoms with van der Waals surface area (Å²) in [5.74, 6) is 0.846. The summed E-state index contributed by atoms with van der Waals surface area (Å²) in [7, 11) is 0. The maximum atomic E-state index is 5.74. The molecule has 0 amide bonds. The van der Waals surface area contributed by atoms with Crippen LogP contribution in [0.1, 0.15) is 6.92 Å². The van der Waals surface area contributed by atoms with Crippen LogP contribution in [0, 0.1) is 0 Å². The fourth-order valence-electron chi connectivity index (χ4n) is 0.845. The SMILES string of the molecule is C=C(C)C(N)COc1ccccc1. The Bertz CT molecular complexity index is 269. The van der Waals surface area contributed by atoms with Gasteiger partial charge in [-0.05, 0) is 19.1 Å². The van der Waals surface area contributed by atoms with Crippen LogP contribution in [0.3, 0.4) is 0 Å². The van der Waals surface area contributed by atoms with Crippen molar-refractivity contribution in [3.8, 4) is 5.75 Å². The predicted octanol–water partition coefficient (Wildman–Crippen LogP) is 1.97. The molecular formula is C11H15NO. The molecule has 0 aliphatic heterocycles. The van der Waals surface area contributed by atoms with Crippen LogP contribution in [0.25, 0.3) is 0 Å². The largest absolute Gasteiger partial charge is 0.492 e. The molecule has 0 heterocycles. The number of benzene rings is 1. The molecule has 1 atom stereocenters. The van der Waals surface area contributed by atoms with Crippen LogP contribution in [0.2, 0.25) is 0 Å². The van der Waals surface area contributed by atoms with E-state index in [1.807, 2.05) is 37.3 Å². The van der Waals surface area contributed by atoms with Gasteiger partial charge in [-0.15, -0.1) is 0 Å². The summed E-state index contributed by atoms with van der Waals surface area (Å²) < 4.78 is 5.44.